The van der Waals surface area contributed by atoms with E-state index in [2.05, 4.69) is 10.6 Å². The summed E-state index contributed by atoms with van der Waals surface area (Å²) >= 11 is 1.33. The molecule has 1 aromatic carbocycles. The number of aliphatic hydroxyl groups excluding tert-OH is 1. The van der Waals surface area contributed by atoms with Crippen LogP contribution >= 0.6 is 11.3 Å². The van der Waals surface area contributed by atoms with E-state index in [1.165, 1.54) is 11.3 Å². The predicted molar refractivity (Wildman–Crippen MR) is 87.1 cm³/mol. The number of hydrogen-bond donors (Lipinski definition) is 3. The number of benzene rings is 1. The highest BCUT2D eigenvalue weighted by Crippen LogP contribution is 2.29. The zero-order valence-electron chi connectivity index (χ0n) is 13.1. The highest BCUT2D eigenvalue weighted by Gasteiger charge is 2.30. The quantitative estimate of drug-likeness (QED) is 0.722. The van der Waals surface area contributed by atoms with Gasteiger partial charge in [-0.25, -0.2) is 0 Å². The summed E-state index contributed by atoms with van der Waals surface area (Å²) in [5.41, 5.74) is 0.0770. The minimum absolute atomic E-state index is 0.0581. The Hall–Kier alpha value is -2.39. The predicted octanol–water partition coefficient (Wildman–Crippen LogP) is 2.86. The minimum Gasteiger partial charge on any atom is -0.386 e. The van der Waals surface area contributed by atoms with Crippen molar-refractivity contribution in [2.24, 2.45) is 0 Å². The van der Waals surface area contributed by atoms with Crippen molar-refractivity contribution in [2.75, 3.05) is 11.9 Å². The highest BCUT2D eigenvalue weighted by molar-refractivity contribution is 7.10. The van der Waals surface area contributed by atoms with Crippen LogP contribution in [0, 0.1) is 6.92 Å². The molecule has 0 saturated carbocycles. The molecule has 0 fully saturated rings. The highest BCUT2D eigenvalue weighted by atomic mass is 32.1. The molecular weight excluding hydrogens is 357 g/mol. The molecule has 2 rings (SSSR count). The van der Waals surface area contributed by atoms with E-state index in [1.807, 2.05) is 13.0 Å². The number of rotatable bonds is 4. The molecule has 1 heterocycles. The second-order valence-electron chi connectivity index (χ2n) is 5.22. The van der Waals surface area contributed by atoms with E-state index < -0.39 is 29.7 Å². The van der Waals surface area contributed by atoms with Crippen LogP contribution in [-0.4, -0.2) is 23.5 Å². The lowest BCUT2D eigenvalue weighted by molar-refractivity contribution is -0.137. The molecule has 2 amide bonds. The van der Waals surface area contributed by atoms with Crippen molar-refractivity contribution in [3.8, 4) is 0 Å². The summed E-state index contributed by atoms with van der Waals surface area (Å²) in [6.07, 6.45) is -5.42. The average Bonchev–Trinajstić information content (AvgIpc) is 2.98. The van der Waals surface area contributed by atoms with Crippen LogP contribution in [0.1, 0.15) is 22.1 Å². The van der Waals surface area contributed by atoms with Gasteiger partial charge < -0.3 is 15.7 Å². The van der Waals surface area contributed by atoms with Crippen LogP contribution in [0.15, 0.2) is 35.7 Å². The number of aryl methyl sites for hydroxylation is 1. The zero-order valence-corrected chi connectivity index (χ0v) is 13.9. The maximum absolute atomic E-state index is 12.5. The Bertz CT molecular complexity index is 757. The number of alkyl halides is 3. The van der Waals surface area contributed by atoms with Crippen molar-refractivity contribution in [3.63, 3.8) is 0 Å². The smallest absolute Gasteiger partial charge is 0.386 e. The van der Waals surface area contributed by atoms with E-state index >= 15 is 0 Å². The number of amides is 2. The minimum atomic E-state index is -4.48. The molecule has 25 heavy (non-hydrogen) atoms. The molecular formula is C16H15F3N2O3S. The number of carbonyl (C=O) groups is 2. The van der Waals surface area contributed by atoms with Gasteiger partial charge in [0.25, 0.3) is 0 Å². The first-order valence-electron chi connectivity index (χ1n) is 7.17. The van der Waals surface area contributed by atoms with Crippen LogP contribution in [0.5, 0.6) is 0 Å². The Morgan fingerprint density at radius 3 is 2.32 bits per heavy atom. The molecule has 0 spiro atoms. The molecule has 1 unspecified atom stereocenters. The summed E-state index contributed by atoms with van der Waals surface area (Å²) in [5.74, 6) is -2.02. The molecule has 0 radical (unpaired) electrons. The van der Waals surface area contributed by atoms with Crippen molar-refractivity contribution in [1.29, 1.82) is 0 Å². The molecule has 0 bridgehead atoms. The van der Waals surface area contributed by atoms with Crippen LogP contribution in [-0.2, 0) is 15.8 Å². The van der Waals surface area contributed by atoms with Crippen molar-refractivity contribution < 1.29 is 27.9 Å². The molecule has 1 atom stereocenters. The van der Waals surface area contributed by atoms with Gasteiger partial charge in [0.1, 0.15) is 6.10 Å². The topological polar surface area (TPSA) is 78.4 Å². The Labute approximate surface area is 145 Å². The van der Waals surface area contributed by atoms with Crippen molar-refractivity contribution >= 4 is 28.8 Å². The van der Waals surface area contributed by atoms with Crippen LogP contribution in [0.2, 0.25) is 0 Å². The van der Waals surface area contributed by atoms with Gasteiger partial charge in [-0.15, -0.1) is 11.3 Å². The zero-order chi connectivity index (χ0) is 18.6. The monoisotopic (exact) mass is 372 g/mol. The first-order chi connectivity index (χ1) is 11.7. The lowest BCUT2D eigenvalue weighted by Crippen LogP contribution is -2.37. The van der Waals surface area contributed by atoms with Crippen LogP contribution in [0.3, 0.4) is 0 Å². The maximum Gasteiger partial charge on any atom is 0.416 e. The van der Waals surface area contributed by atoms with Gasteiger partial charge in [-0.3, -0.25) is 9.59 Å². The van der Waals surface area contributed by atoms with Crippen molar-refractivity contribution in [2.45, 2.75) is 19.2 Å². The van der Waals surface area contributed by atoms with E-state index in [0.29, 0.717) is 4.88 Å². The van der Waals surface area contributed by atoms with Gasteiger partial charge in [0.05, 0.1) is 5.56 Å². The second-order valence-corrected chi connectivity index (χ2v) is 6.17. The van der Waals surface area contributed by atoms with E-state index in [0.717, 1.165) is 29.8 Å². The number of carbonyl (C=O) groups excluding carboxylic acids is 2. The summed E-state index contributed by atoms with van der Waals surface area (Å²) in [6, 6.07) is 5.53. The van der Waals surface area contributed by atoms with Gasteiger partial charge in [0, 0.05) is 17.1 Å². The lowest BCUT2D eigenvalue weighted by atomic mass is 10.2. The molecule has 0 saturated heterocycles. The fourth-order valence-electron chi connectivity index (χ4n) is 2.02. The molecule has 9 heteroatoms. The fourth-order valence-corrected chi connectivity index (χ4v) is 2.93. The molecule has 134 valence electrons. The van der Waals surface area contributed by atoms with E-state index in [1.54, 1.807) is 5.38 Å². The van der Waals surface area contributed by atoms with Gasteiger partial charge >= 0.3 is 18.0 Å². The SMILES string of the molecule is Cc1ccsc1C(O)CNC(=O)C(=O)Nc1ccc(C(F)(F)F)cc1. The normalized spacial score (nSPS) is 12.5. The van der Waals surface area contributed by atoms with E-state index in [4.69, 9.17) is 0 Å². The molecule has 0 aliphatic heterocycles. The van der Waals surface area contributed by atoms with Gasteiger partial charge in [-0.05, 0) is 48.2 Å². The number of hydrogen-bond acceptors (Lipinski definition) is 4. The molecule has 0 aliphatic rings. The van der Waals surface area contributed by atoms with Crippen molar-refractivity contribution in [3.05, 3.63) is 51.7 Å². The number of aliphatic hydroxyl groups is 1. The number of halogens is 3. The molecule has 3 N–H and O–H groups in total. The molecule has 5 nitrogen and oxygen atoms in total. The van der Waals surface area contributed by atoms with E-state index in [9.17, 15) is 27.9 Å². The van der Waals surface area contributed by atoms with Crippen LogP contribution in [0.4, 0.5) is 18.9 Å². The summed E-state index contributed by atoms with van der Waals surface area (Å²) in [5, 5.41) is 16.2. The number of thiophene rings is 1. The number of nitrogens with one attached hydrogen (secondary N) is 2. The third kappa shape index (κ3) is 5.04. The fraction of sp³-hybridized carbons (Fsp3) is 0.250. The third-order valence-electron chi connectivity index (χ3n) is 3.34. The Balaban J connectivity index is 1.88. The van der Waals surface area contributed by atoms with Gasteiger partial charge in [-0.2, -0.15) is 13.2 Å². The first kappa shape index (κ1) is 18.9. The summed E-state index contributed by atoms with van der Waals surface area (Å²) < 4.78 is 37.4. The Morgan fingerprint density at radius 1 is 1.16 bits per heavy atom. The van der Waals surface area contributed by atoms with Gasteiger partial charge in [-0.1, -0.05) is 0 Å². The summed E-state index contributed by atoms with van der Waals surface area (Å²) in [4.78, 5) is 24.1. The molecule has 2 aromatic rings. The largest absolute Gasteiger partial charge is 0.416 e. The standard InChI is InChI=1S/C16H15F3N2O3S/c1-9-6-7-25-13(9)12(22)8-20-14(23)15(24)21-11-4-2-10(3-5-11)16(17,18)19/h2-7,12,22H,8H2,1H3,(H,20,23)(H,21,24). The van der Waals surface area contributed by atoms with Crippen LogP contribution in [0.25, 0.3) is 0 Å². The van der Waals surface area contributed by atoms with Crippen molar-refractivity contribution in [1.82, 2.24) is 5.32 Å². The average molecular weight is 372 g/mol. The van der Waals surface area contributed by atoms with Gasteiger partial charge in [0.2, 0.25) is 0 Å². The maximum atomic E-state index is 12.5. The Kier molecular flexibility index (Phi) is 5.81. The number of anilines is 1. The molecule has 1 aromatic heterocycles. The second kappa shape index (κ2) is 7.66. The Morgan fingerprint density at radius 2 is 1.80 bits per heavy atom. The third-order valence-corrected chi connectivity index (χ3v) is 4.46. The molecule has 0 aliphatic carbocycles. The summed E-state index contributed by atoms with van der Waals surface area (Å²) in [6.45, 7) is 1.66. The van der Waals surface area contributed by atoms with Gasteiger partial charge in [0.15, 0.2) is 0 Å². The lowest BCUT2D eigenvalue weighted by Gasteiger charge is -2.12. The van der Waals surface area contributed by atoms with Crippen LogP contribution < -0.4 is 10.6 Å². The van der Waals surface area contributed by atoms with E-state index in [-0.39, 0.29) is 12.2 Å². The summed E-state index contributed by atoms with van der Waals surface area (Å²) in [7, 11) is 0. The first-order valence-corrected chi connectivity index (χ1v) is 8.05.